The maximum atomic E-state index is 12.6. The summed E-state index contributed by atoms with van der Waals surface area (Å²) in [6.45, 7) is 7.29. The highest BCUT2D eigenvalue weighted by molar-refractivity contribution is 9.09. The molecule has 1 heterocycles. The second kappa shape index (κ2) is 7.78. The molecule has 132 valence electrons. The molecule has 0 spiro atoms. The van der Waals surface area contributed by atoms with Gasteiger partial charge >= 0.3 is 6.09 Å². The minimum absolute atomic E-state index is 0.0573. The lowest BCUT2D eigenvalue weighted by molar-refractivity contribution is 0.0635. The summed E-state index contributed by atoms with van der Waals surface area (Å²) in [4.78, 5) is 28.1. The molecule has 6 heteroatoms. The number of ketones is 1. The fraction of sp³-hybridized carbons (Fsp3) is 0.316. The van der Waals surface area contributed by atoms with Gasteiger partial charge in [0, 0.05) is 11.8 Å². The highest BCUT2D eigenvalue weighted by atomic mass is 79.9. The van der Waals surface area contributed by atoms with Crippen LogP contribution in [0, 0.1) is 6.92 Å². The van der Waals surface area contributed by atoms with Crippen LogP contribution >= 0.6 is 15.9 Å². The molecule has 0 bridgehead atoms. The quantitative estimate of drug-likeness (QED) is 0.571. The van der Waals surface area contributed by atoms with Crippen molar-refractivity contribution in [2.24, 2.45) is 0 Å². The van der Waals surface area contributed by atoms with Crippen LogP contribution in [0.15, 0.2) is 42.6 Å². The Balaban J connectivity index is 2.14. The van der Waals surface area contributed by atoms with Gasteiger partial charge in [0.1, 0.15) is 16.2 Å². The molecule has 0 saturated carbocycles. The Kier molecular flexibility index (Phi) is 5.95. The Morgan fingerprint density at radius 2 is 1.92 bits per heavy atom. The van der Waals surface area contributed by atoms with E-state index in [1.54, 1.807) is 45.2 Å². The Bertz CT molecular complexity index is 784. The van der Waals surface area contributed by atoms with E-state index >= 15 is 0 Å². The second-order valence-electron chi connectivity index (χ2n) is 6.70. The molecule has 25 heavy (non-hydrogen) atoms. The van der Waals surface area contributed by atoms with Crippen LogP contribution in [0.3, 0.4) is 0 Å². The van der Waals surface area contributed by atoms with Crippen molar-refractivity contribution < 1.29 is 14.3 Å². The van der Waals surface area contributed by atoms with Crippen molar-refractivity contribution in [2.75, 3.05) is 5.32 Å². The van der Waals surface area contributed by atoms with Crippen molar-refractivity contribution in [3.63, 3.8) is 0 Å². The molecule has 0 aliphatic heterocycles. The molecule has 0 saturated heterocycles. The number of pyridine rings is 1. The first kappa shape index (κ1) is 19.1. The van der Waals surface area contributed by atoms with Gasteiger partial charge in [-0.25, -0.2) is 9.78 Å². The summed E-state index contributed by atoms with van der Waals surface area (Å²) in [7, 11) is 0. The molecule has 1 aromatic carbocycles. The van der Waals surface area contributed by atoms with Crippen LogP contribution in [0.5, 0.6) is 0 Å². The van der Waals surface area contributed by atoms with E-state index in [-0.39, 0.29) is 5.78 Å². The number of carbonyl (C=O) groups excluding carboxylic acids is 2. The van der Waals surface area contributed by atoms with E-state index in [9.17, 15) is 9.59 Å². The molecule has 1 atom stereocenters. The second-order valence-corrected chi connectivity index (χ2v) is 7.61. The molecule has 0 aliphatic rings. The number of carbonyl (C=O) groups is 2. The Labute approximate surface area is 155 Å². The van der Waals surface area contributed by atoms with Crippen LogP contribution in [0.1, 0.15) is 47.1 Å². The molecule has 1 aromatic heterocycles. The number of amides is 1. The molecule has 0 fully saturated rings. The van der Waals surface area contributed by atoms with Crippen LogP contribution in [0.25, 0.3) is 0 Å². The van der Waals surface area contributed by atoms with Gasteiger partial charge in [-0.05, 0) is 51.5 Å². The van der Waals surface area contributed by atoms with Crippen molar-refractivity contribution >= 4 is 33.6 Å². The van der Waals surface area contributed by atoms with E-state index in [1.165, 1.54) is 0 Å². The number of rotatable bonds is 4. The number of Topliss-reactive ketones (excluding diaryl/α,β-unsaturated/α-hetero) is 1. The van der Waals surface area contributed by atoms with Gasteiger partial charge in [0.05, 0.1) is 0 Å². The summed E-state index contributed by atoms with van der Waals surface area (Å²) >= 11 is 3.44. The number of nitrogens with one attached hydrogen (secondary N) is 1. The van der Waals surface area contributed by atoms with Crippen LogP contribution < -0.4 is 5.32 Å². The van der Waals surface area contributed by atoms with Gasteiger partial charge in [0.15, 0.2) is 5.78 Å². The third-order valence-corrected chi connectivity index (χ3v) is 4.18. The number of aryl methyl sites for hydroxylation is 1. The maximum Gasteiger partial charge on any atom is 0.413 e. The highest BCUT2D eigenvalue weighted by Gasteiger charge is 2.21. The Hall–Kier alpha value is -2.21. The maximum absolute atomic E-state index is 12.6. The molecule has 2 rings (SSSR count). The molecule has 5 nitrogen and oxygen atoms in total. The Morgan fingerprint density at radius 1 is 1.20 bits per heavy atom. The lowest BCUT2D eigenvalue weighted by Gasteiger charge is -2.19. The van der Waals surface area contributed by atoms with Crippen LogP contribution in [0.4, 0.5) is 10.6 Å². The number of halogens is 1. The van der Waals surface area contributed by atoms with Crippen LogP contribution in [-0.2, 0) is 4.74 Å². The smallest absolute Gasteiger partial charge is 0.413 e. The van der Waals surface area contributed by atoms with E-state index in [0.29, 0.717) is 16.9 Å². The Morgan fingerprint density at radius 3 is 2.56 bits per heavy atom. The summed E-state index contributed by atoms with van der Waals surface area (Å²) in [5, 5.41) is 2.58. The zero-order valence-corrected chi connectivity index (χ0v) is 16.3. The number of benzene rings is 1. The number of ether oxygens (including phenoxy) is 1. The van der Waals surface area contributed by atoms with Crippen molar-refractivity contribution in [3.8, 4) is 0 Å². The monoisotopic (exact) mass is 404 g/mol. The lowest BCUT2D eigenvalue weighted by Crippen LogP contribution is -2.27. The third kappa shape index (κ3) is 5.67. The third-order valence-electron chi connectivity index (χ3n) is 3.24. The average Bonchev–Trinajstić information content (AvgIpc) is 2.52. The minimum atomic E-state index is -0.596. The first-order valence-corrected chi connectivity index (χ1v) is 8.78. The number of anilines is 1. The topological polar surface area (TPSA) is 68.3 Å². The van der Waals surface area contributed by atoms with Crippen molar-refractivity contribution in [1.82, 2.24) is 4.98 Å². The van der Waals surface area contributed by atoms with Gasteiger partial charge in [0.25, 0.3) is 0 Å². The van der Waals surface area contributed by atoms with Gasteiger partial charge in [0.2, 0.25) is 0 Å². The zero-order valence-electron chi connectivity index (χ0n) is 14.7. The summed E-state index contributed by atoms with van der Waals surface area (Å²) in [5.41, 5.74) is 1.75. The first-order chi connectivity index (χ1) is 11.7. The average molecular weight is 405 g/mol. The molecule has 0 radical (unpaired) electrons. The molecule has 0 unspecified atom stereocenters. The summed E-state index contributed by atoms with van der Waals surface area (Å²) < 4.78 is 5.20. The highest BCUT2D eigenvalue weighted by Crippen LogP contribution is 2.28. The van der Waals surface area contributed by atoms with Gasteiger partial charge in [-0.15, -0.1) is 0 Å². The SMILES string of the molecule is Cc1cccc(C(=O)[C@H](Br)c2ccnc(NC(=O)OC(C)(C)C)c2)c1. The number of nitrogens with zero attached hydrogens (tertiary/aromatic N) is 1. The summed E-state index contributed by atoms with van der Waals surface area (Å²) in [6, 6.07) is 10.8. The molecule has 1 amide bonds. The molecule has 0 aliphatic carbocycles. The van der Waals surface area contributed by atoms with E-state index in [0.717, 1.165) is 5.56 Å². The zero-order chi connectivity index (χ0) is 18.6. The van der Waals surface area contributed by atoms with Crippen LogP contribution in [-0.4, -0.2) is 22.5 Å². The lowest BCUT2D eigenvalue weighted by atomic mass is 10.0. The normalized spacial score (nSPS) is 12.4. The summed E-state index contributed by atoms with van der Waals surface area (Å²) in [6.07, 6.45) is 0.952. The van der Waals surface area contributed by atoms with Crippen molar-refractivity contribution in [2.45, 2.75) is 38.1 Å². The fourth-order valence-corrected chi connectivity index (χ4v) is 2.73. The van der Waals surface area contributed by atoms with E-state index in [2.05, 4.69) is 26.2 Å². The van der Waals surface area contributed by atoms with Crippen molar-refractivity contribution in [3.05, 3.63) is 59.3 Å². The number of hydrogen-bond donors (Lipinski definition) is 1. The first-order valence-electron chi connectivity index (χ1n) is 7.86. The minimum Gasteiger partial charge on any atom is -0.444 e. The standard InChI is InChI=1S/C19H21BrN2O3/c1-12-6-5-7-14(10-12)17(23)16(20)13-8-9-21-15(11-13)22-18(24)25-19(2,3)4/h5-11,16H,1-4H3,(H,21,22,24)/t16-/m1/s1. The van der Waals surface area contributed by atoms with Gasteiger partial charge in [-0.1, -0.05) is 39.7 Å². The van der Waals surface area contributed by atoms with E-state index < -0.39 is 16.5 Å². The number of hydrogen-bond acceptors (Lipinski definition) is 4. The van der Waals surface area contributed by atoms with Gasteiger partial charge in [-0.2, -0.15) is 0 Å². The predicted octanol–water partition coefficient (Wildman–Crippen LogP) is 5.06. The molecule has 2 aromatic rings. The van der Waals surface area contributed by atoms with E-state index in [1.807, 2.05) is 25.1 Å². The molecular formula is C19H21BrN2O3. The summed E-state index contributed by atoms with van der Waals surface area (Å²) in [5.74, 6) is 0.270. The fourth-order valence-electron chi connectivity index (χ4n) is 2.18. The predicted molar refractivity (Wildman–Crippen MR) is 101 cm³/mol. The van der Waals surface area contributed by atoms with E-state index in [4.69, 9.17) is 4.74 Å². The molecule has 1 N–H and O–H groups in total. The number of alkyl halides is 1. The molecular weight excluding hydrogens is 384 g/mol. The number of aromatic nitrogens is 1. The van der Waals surface area contributed by atoms with Crippen LogP contribution in [0.2, 0.25) is 0 Å². The largest absolute Gasteiger partial charge is 0.444 e. The van der Waals surface area contributed by atoms with Crippen molar-refractivity contribution in [1.29, 1.82) is 0 Å². The van der Waals surface area contributed by atoms with Gasteiger partial charge < -0.3 is 4.74 Å². The van der Waals surface area contributed by atoms with Gasteiger partial charge in [-0.3, -0.25) is 10.1 Å².